The van der Waals surface area contributed by atoms with Gasteiger partial charge in [0.1, 0.15) is 5.78 Å². The summed E-state index contributed by atoms with van der Waals surface area (Å²) in [4.78, 5) is 12.4. The number of hydrogen-bond acceptors (Lipinski definition) is 2. The normalized spacial score (nSPS) is 56.5. The van der Waals surface area contributed by atoms with Crippen LogP contribution in [-0.4, -0.2) is 17.0 Å². The predicted molar refractivity (Wildman–Crippen MR) is 82.7 cm³/mol. The Hall–Kier alpha value is -0.370. The second-order valence-corrected chi connectivity index (χ2v) is 9.00. The van der Waals surface area contributed by atoms with Crippen molar-refractivity contribution < 1.29 is 9.90 Å². The highest BCUT2D eigenvalue weighted by Crippen LogP contribution is 2.65. The van der Waals surface area contributed by atoms with Crippen LogP contribution in [0, 0.1) is 34.5 Å². The average Bonchev–Trinajstić information content (AvgIpc) is 2.76. The molecule has 0 spiro atoms. The molecule has 0 saturated heterocycles. The fourth-order valence-electron chi connectivity index (χ4n) is 7.01. The largest absolute Gasteiger partial charge is 0.393 e. The van der Waals surface area contributed by atoms with Crippen molar-refractivity contribution in [2.24, 2.45) is 34.5 Å². The molecule has 0 aromatic carbocycles. The molecule has 7 atom stereocenters. The molecule has 0 aromatic rings. The Kier molecular flexibility index (Phi) is 3.10. The second-order valence-electron chi connectivity index (χ2n) is 9.00. The summed E-state index contributed by atoms with van der Waals surface area (Å²) in [7, 11) is 0. The van der Waals surface area contributed by atoms with Gasteiger partial charge in [0.25, 0.3) is 0 Å². The molecule has 4 fully saturated rings. The monoisotopic (exact) mass is 290 g/mol. The first-order valence-corrected chi connectivity index (χ1v) is 9.16. The van der Waals surface area contributed by atoms with E-state index < -0.39 is 0 Å². The van der Waals surface area contributed by atoms with Crippen molar-refractivity contribution in [1.29, 1.82) is 0 Å². The Morgan fingerprint density at radius 1 is 1.00 bits per heavy atom. The zero-order valence-electron chi connectivity index (χ0n) is 13.6. The van der Waals surface area contributed by atoms with Crippen LogP contribution in [0.5, 0.6) is 0 Å². The Morgan fingerprint density at radius 2 is 1.81 bits per heavy atom. The van der Waals surface area contributed by atoms with E-state index >= 15 is 0 Å². The first-order valence-electron chi connectivity index (χ1n) is 9.16. The van der Waals surface area contributed by atoms with Crippen LogP contribution in [-0.2, 0) is 4.79 Å². The number of rotatable bonds is 0. The lowest BCUT2D eigenvalue weighted by Crippen LogP contribution is -2.54. The Morgan fingerprint density at radius 3 is 2.62 bits per heavy atom. The van der Waals surface area contributed by atoms with E-state index in [9.17, 15) is 9.90 Å². The molecule has 1 N–H and O–H groups in total. The minimum atomic E-state index is -0.0541. The summed E-state index contributed by atoms with van der Waals surface area (Å²) in [6.45, 7) is 4.78. The summed E-state index contributed by atoms with van der Waals surface area (Å²) in [5.41, 5.74) is 0.452. The van der Waals surface area contributed by atoms with Gasteiger partial charge in [-0.3, -0.25) is 4.79 Å². The van der Waals surface area contributed by atoms with Gasteiger partial charge in [-0.15, -0.1) is 0 Å². The molecule has 2 heteroatoms. The minimum Gasteiger partial charge on any atom is -0.393 e. The van der Waals surface area contributed by atoms with Crippen LogP contribution in [0.4, 0.5) is 0 Å². The van der Waals surface area contributed by atoms with Gasteiger partial charge in [0.05, 0.1) is 6.10 Å². The summed E-state index contributed by atoms with van der Waals surface area (Å²) >= 11 is 0. The van der Waals surface area contributed by atoms with Crippen LogP contribution in [0.2, 0.25) is 0 Å². The quantitative estimate of drug-likeness (QED) is 0.733. The molecule has 0 bridgehead atoms. The fourth-order valence-corrected chi connectivity index (χ4v) is 7.01. The second kappa shape index (κ2) is 4.57. The van der Waals surface area contributed by atoms with E-state index in [0.29, 0.717) is 17.1 Å². The van der Waals surface area contributed by atoms with Gasteiger partial charge in [-0.1, -0.05) is 13.8 Å². The zero-order valence-corrected chi connectivity index (χ0v) is 13.6. The van der Waals surface area contributed by atoms with E-state index in [4.69, 9.17) is 0 Å². The van der Waals surface area contributed by atoms with E-state index in [1.54, 1.807) is 0 Å². The molecule has 4 aliphatic carbocycles. The van der Waals surface area contributed by atoms with E-state index in [1.807, 2.05) is 0 Å². The number of hydrogen-bond donors (Lipinski definition) is 1. The summed E-state index contributed by atoms with van der Waals surface area (Å²) in [6, 6.07) is 0. The molecular formula is C19H30O2. The molecule has 118 valence electrons. The van der Waals surface area contributed by atoms with Gasteiger partial charge in [-0.05, 0) is 80.5 Å². The van der Waals surface area contributed by atoms with Crippen molar-refractivity contribution in [3.63, 3.8) is 0 Å². The standard InChI is InChI=1S/C19H30O2/c1-18-9-7-13(20)11-12(18)3-4-14-15-5-6-17(21)19(15,2)10-8-16(14)18/h12-16,20H,3-11H2,1-2H3/t12-,13-,14+,15-,16?,18+,19+/m1/s1. The summed E-state index contributed by atoms with van der Waals surface area (Å²) in [6.07, 6.45) is 10.1. The first-order chi connectivity index (χ1) is 9.95. The molecule has 0 aliphatic heterocycles. The van der Waals surface area contributed by atoms with Crippen molar-refractivity contribution in [1.82, 2.24) is 0 Å². The van der Waals surface area contributed by atoms with Crippen LogP contribution in [0.25, 0.3) is 0 Å². The maximum absolute atomic E-state index is 12.4. The fraction of sp³-hybridized carbons (Fsp3) is 0.947. The molecule has 0 amide bonds. The van der Waals surface area contributed by atoms with E-state index in [-0.39, 0.29) is 11.5 Å². The highest BCUT2D eigenvalue weighted by atomic mass is 16.3. The molecule has 4 rings (SSSR count). The summed E-state index contributed by atoms with van der Waals surface area (Å²) in [5.74, 6) is 3.54. The van der Waals surface area contributed by atoms with Crippen LogP contribution in [0.3, 0.4) is 0 Å². The lowest BCUT2D eigenvalue weighted by molar-refractivity contribution is -0.142. The van der Waals surface area contributed by atoms with Crippen molar-refractivity contribution in [2.75, 3.05) is 0 Å². The maximum Gasteiger partial charge on any atom is 0.139 e. The van der Waals surface area contributed by atoms with Gasteiger partial charge in [0.2, 0.25) is 0 Å². The SMILES string of the molecule is C[C@]12CCC3[C@@H](CC[C@@H]4C[C@H](O)CC[C@]34C)[C@H]1CCC2=O. The number of carbonyl (C=O) groups excluding carboxylic acids is 1. The van der Waals surface area contributed by atoms with Gasteiger partial charge in [-0.25, -0.2) is 0 Å². The van der Waals surface area contributed by atoms with E-state index in [2.05, 4.69) is 13.8 Å². The van der Waals surface area contributed by atoms with Gasteiger partial charge in [0, 0.05) is 11.8 Å². The van der Waals surface area contributed by atoms with E-state index in [1.165, 1.54) is 25.7 Å². The van der Waals surface area contributed by atoms with Crippen LogP contribution in [0.15, 0.2) is 0 Å². The lowest BCUT2D eigenvalue weighted by Gasteiger charge is -2.60. The van der Waals surface area contributed by atoms with Crippen LogP contribution in [0.1, 0.15) is 71.6 Å². The van der Waals surface area contributed by atoms with Gasteiger partial charge < -0.3 is 5.11 Å². The predicted octanol–water partition coefficient (Wildman–Crippen LogP) is 3.96. The number of aliphatic hydroxyl groups is 1. The van der Waals surface area contributed by atoms with Gasteiger partial charge in [0.15, 0.2) is 0 Å². The molecule has 21 heavy (non-hydrogen) atoms. The third-order valence-corrected chi connectivity index (χ3v) is 8.35. The van der Waals surface area contributed by atoms with Crippen molar-refractivity contribution >= 4 is 5.78 Å². The number of Topliss-reactive ketones (excluding diaryl/α,β-unsaturated/α-hetero) is 1. The smallest absolute Gasteiger partial charge is 0.139 e. The number of carbonyl (C=O) groups is 1. The van der Waals surface area contributed by atoms with Crippen LogP contribution >= 0.6 is 0 Å². The lowest BCUT2D eigenvalue weighted by atomic mass is 9.45. The molecule has 0 heterocycles. The first kappa shape index (κ1) is 14.2. The summed E-state index contributed by atoms with van der Waals surface area (Å²) < 4.78 is 0. The highest BCUT2D eigenvalue weighted by molar-refractivity contribution is 5.87. The highest BCUT2D eigenvalue weighted by Gasteiger charge is 2.60. The van der Waals surface area contributed by atoms with Crippen molar-refractivity contribution in [2.45, 2.75) is 77.7 Å². The zero-order chi connectivity index (χ0) is 14.8. The topological polar surface area (TPSA) is 37.3 Å². The molecule has 4 saturated carbocycles. The third kappa shape index (κ3) is 1.84. The molecule has 0 aromatic heterocycles. The molecular weight excluding hydrogens is 260 g/mol. The Balaban J connectivity index is 1.64. The van der Waals surface area contributed by atoms with Gasteiger partial charge >= 0.3 is 0 Å². The maximum atomic E-state index is 12.4. The van der Waals surface area contributed by atoms with Crippen molar-refractivity contribution in [3.05, 3.63) is 0 Å². The van der Waals surface area contributed by atoms with E-state index in [0.717, 1.165) is 49.9 Å². The average molecular weight is 290 g/mol. The van der Waals surface area contributed by atoms with Crippen LogP contribution < -0.4 is 0 Å². The molecule has 4 aliphatic rings. The molecule has 2 nitrogen and oxygen atoms in total. The molecule has 1 unspecified atom stereocenters. The Bertz CT molecular complexity index is 458. The minimum absolute atomic E-state index is 0.0124. The summed E-state index contributed by atoms with van der Waals surface area (Å²) in [5, 5.41) is 10.0. The number of aliphatic hydroxyl groups excluding tert-OH is 1. The molecule has 0 radical (unpaired) electrons. The number of fused-ring (bicyclic) bond motifs is 5. The van der Waals surface area contributed by atoms with Crippen molar-refractivity contribution in [3.8, 4) is 0 Å². The van der Waals surface area contributed by atoms with Gasteiger partial charge in [-0.2, -0.15) is 0 Å². The third-order valence-electron chi connectivity index (χ3n) is 8.35. The Labute approximate surface area is 128 Å². The number of ketones is 1.